The zero-order valence-corrected chi connectivity index (χ0v) is 12.3. The minimum absolute atomic E-state index is 0.793. The number of H-pyrrole nitrogens is 1. The zero-order chi connectivity index (χ0) is 14.7. The van der Waals surface area contributed by atoms with Crippen LogP contribution in [0.3, 0.4) is 0 Å². The van der Waals surface area contributed by atoms with E-state index in [-0.39, 0.29) is 0 Å². The molecule has 0 unspecified atom stereocenters. The lowest BCUT2D eigenvalue weighted by atomic mass is 10.1. The van der Waals surface area contributed by atoms with Gasteiger partial charge in [0.15, 0.2) is 0 Å². The predicted molar refractivity (Wildman–Crippen MR) is 82.1 cm³/mol. The summed E-state index contributed by atoms with van der Waals surface area (Å²) in [5.41, 5.74) is 3.45. The van der Waals surface area contributed by atoms with Gasteiger partial charge in [0.1, 0.15) is 5.82 Å². The SMILES string of the molecule is Cc1cnc(CN(C)Cc2ccccc2-n2cccn2)[nH]1. The number of aromatic amines is 1. The van der Waals surface area contributed by atoms with Crippen LogP contribution < -0.4 is 0 Å². The summed E-state index contributed by atoms with van der Waals surface area (Å²) in [7, 11) is 2.09. The number of nitrogens with zero attached hydrogens (tertiary/aromatic N) is 4. The molecule has 0 spiro atoms. The minimum Gasteiger partial charge on any atom is -0.345 e. The fourth-order valence-electron chi connectivity index (χ4n) is 2.43. The van der Waals surface area contributed by atoms with Crippen molar-refractivity contribution in [1.29, 1.82) is 0 Å². The maximum absolute atomic E-state index is 4.35. The van der Waals surface area contributed by atoms with Gasteiger partial charge in [0.25, 0.3) is 0 Å². The normalized spacial score (nSPS) is 11.2. The summed E-state index contributed by atoms with van der Waals surface area (Å²) in [5.74, 6) is 0.992. The van der Waals surface area contributed by atoms with Crippen molar-refractivity contribution < 1.29 is 0 Å². The van der Waals surface area contributed by atoms with E-state index >= 15 is 0 Å². The highest BCUT2D eigenvalue weighted by molar-refractivity contribution is 5.40. The molecule has 0 fully saturated rings. The Labute approximate surface area is 124 Å². The number of aryl methyl sites for hydroxylation is 1. The van der Waals surface area contributed by atoms with E-state index in [1.807, 2.05) is 36.1 Å². The largest absolute Gasteiger partial charge is 0.345 e. The van der Waals surface area contributed by atoms with Crippen molar-refractivity contribution in [1.82, 2.24) is 24.6 Å². The number of imidazole rings is 1. The van der Waals surface area contributed by atoms with Gasteiger partial charge >= 0.3 is 0 Å². The third-order valence-corrected chi connectivity index (χ3v) is 3.36. The van der Waals surface area contributed by atoms with Gasteiger partial charge in [-0.1, -0.05) is 18.2 Å². The lowest BCUT2D eigenvalue weighted by molar-refractivity contribution is 0.311. The second-order valence-corrected chi connectivity index (χ2v) is 5.26. The Bertz CT molecular complexity index is 699. The molecule has 0 aliphatic carbocycles. The monoisotopic (exact) mass is 281 g/mol. The number of para-hydroxylation sites is 1. The summed E-state index contributed by atoms with van der Waals surface area (Å²) < 4.78 is 1.90. The van der Waals surface area contributed by atoms with Crippen molar-refractivity contribution in [3.05, 3.63) is 66.0 Å². The first-order valence-electron chi connectivity index (χ1n) is 6.99. The van der Waals surface area contributed by atoms with Crippen LogP contribution in [-0.4, -0.2) is 31.7 Å². The Hall–Kier alpha value is -2.40. The van der Waals surface area contributed by atoms with Gasteiger partial charge in [-0.15, -0.1) is 0 Å². The molecule has 3 rings (SSSR count). The molecule has 0 aliphatic rings. The van der Waals surface area contributed by atoms with Crippen LogP contribution in [0.25, 0.3) is 5.69 Å². The molecule has 0 bridgehead atoms. The molecule has 0 radical (unpaired) electrons. The van der Waals surface area contributed by atoms with Crippen LogP contribution in [0.15, 0.2) is 48.9 Å². The molecule has 21 heavy (non-hydrogen) atoms. The minimum atomic E-state index is 0.793. The maximum atomic E-state index is 4.35. The van der Waals surface area contributed by atoms with Gasteiger partial charge in [0.2, 0.25) is 0 Å². The first kappa shape index (κ1) is 13.6. The van der Waals surface area contributed by atoms with E-state index in [0.29, 0.717) is 0 Å². The van der Waals surface area contributed by atoms with Crippen LogP contribution in [0.4, 0.5) is 0 Å². The van der Waals surface area contributed by atoms with Crippen LogP contribution >= 0.6 is 0 Å². The van der Waals surface area contributed by atoms with Gasteiger partial charge in [-0.2, -0.15) is 5.10 Å². The Morgan fingerprint density at radius 2 is 2.05 bits per heavy atom. The highest BCUT2D eigenvalue weighted by atomic mass is 15.3. The standard InChI is InChI=1S/C16H19N5/c1-13-10-17-16(19-13)12-20(2)11-14-6-3-4-7-15(14)21-9-5-8-18-21/h3-10H,11-12H2,1-2H3,(H,17,19). The van der Waals surface area contributed by atoms with E-state index in [1.165, 1.54) is 5.56 Å². The molecule has 1 N–H and O–H groups in total. The molecule has 0 saturated carbocycles. The second-order valence-electron chi connectivity index (χ2n) is 5.26. The molecule has 3 aromatic rings. The summed E-state index contributed by atoms with van der Waals surface area (Å²) in [6, 6.07) is 10.3. The zero-order valence-electron chi connectivity index (χ0n) is 12.3. The van der Waals surface area contributed by atoms with Gasteiger partial charge in [-0.05, 0) is 31.7 Å². The highest BCUT2D eigenvalue weighted by Gasteiger charge is 2.09. The molecule has 2 aromatic heterocycles. The average molecular weight is 281 g/mol. The first-order valence-corrected chi connectivity index (χ1v) is 6.99. The van der Waals surface area contributed by atoms with Crippen LogP contribution in [0.1, 0.15) is 17.1 Å². The molecule has 108 valence electrons. The molecule has 5 nitrogen and oxygen atoms in total. The summed E-state index contributed by atoms with van der Waals surface area (Å²) in [6.07, 6.45) is 5.63. The maximum Gasteiger partial charge on any atom is 0.120 e. The summed E-state index contributed by atoms with van der Waals surface area (Å²) in [6.45, 7) is 3.65. The molecule has 0 saturated heterocycles. The number of rotatable bonds is 5. The molecule has 5 heteroatoms. The van der Waals surface area contributed by atoms with Gasteiger partial charge in [-0.25, -0.2) is 9.67 Å². The number of benzene rings is 1. The van der Waals surface area contributed by atoms with Crippen LogP contribution in [0.2, 0.25) is 0 Å². The predicted octanol–water partition coefficient (Wildman–Crippen LogP) is 2.54. The molecular formula is C16H19N5. The third kappa shape index (κ3) is 3.20. The van der Waals surface area contributed by atoms with Crippen molar-refractivity contribution >= 4 is 0 Å². The number of hydrogen-bond donors (Lipinski definition) is 1. The van der Waals surface area contributed by atoms with E-state index < -0.39 is 0 Å². The molecule has 1 aromatic carbocycles. The van der Waals surface area contributed by atoms with Crippen LogP contribution in [0, 0.1) is 6.92 Å². The fourth-order valence-corrected chi connectivity index (χ4v) is 2.43. The Kier molecular flexibility index (Phi) is 3.83. The molecule has 0 atom stereocenters. The summed E-state index contributed by atoms with van der Waals surface area (Å²) in [5, 5.41) is 4.32. The van der Waals surface area contributed by atoms with Crippen molar-refractivity contribution in [2.45, 2.75) is 20.0 Å². The van der Waals surface area contributed by atoms with E-state index in [2.05, 4.69) is 45.2 Å². The first-order chi connectivity index (χ1) is 10.2. The average Bonchev–Trinajstić information content (AvgIpc) is 3.11. The van der Waals surface area contributed by atoms with Crippen molar-refractivity contribution in [2.24, 2.45) is 0 Å². The summed E-state index contributed by atoms with van der Waals surface area (Å²) >= 11 is 0. The third-order valence-electron chi connectivity index (χ3n) is 3.36. The molecular weight excluding hydrogens is 262 g/mol. The Morgan fingerprint density at radius 1 is 1.19 bits per heavy atom. The number of aromatic nitrogens is 4. The number of nitrogens with one attached hydrogen (secondary N) is 1. The van der Waals surface area contributed by atoms with E-state index in [9.17, 15) is 0 Å². The number of hydrogen-bond acceptors (Lipinski definition) is 3. The van der Waals surface area contributed by atoms with Gasteiger partial charge in [0, 0.05) is 30.8 Å². The van der Waals surface area contributed by atoms with Crippen LogP contribution in [0.5, 0.6) is 0 Å². The van der Waals surface area contributed by atoms with Crippen molar-refractivity contribution in [3.63, 3.8) is 0 Å². The van der Waals surface area contributed by atoms with Gasteiger partial charge in [-0.3, -0.25) is 4.90 Å². The van der Waals surface area contributed by atoms with E-state index in [1.54, 1.807) is 6.20 Å². The smallest absolute Gasteiger partial charge is 0.120 e. The molecule has 2 heterocycles. The second kappa shape index (κ2) is 5.93. The Balaban J connectivity index is 1.75. The van der Waals surface area contributed by atoms with Crippen LogP contribution in [-0.2, 0) is 13.1 Å². The van der Waals surface area contributed by atoms with E-state index in [4.69, 9.17) is 0 Å². The quantitative estimate of drug-likeness (QED) is 0.782. The molecule has 0 amide bonds. The lowest BCUT2D eigenvalue weighted by Crippen LogP contribution is -2.19. The fraction of sp³-hybridized carbons (Fsp3) is 0.250. The highest BCUT2D eigenvalue weighted by Crippen LogP contribution is 2.15. The topological polar surface area (TPSA) is 49.7 Å². The summed E-state index contributed by atoms with van der Waals surface area (Å²) in [4.78, 5) is 9.86. The van der Waals surface area contributed by atoms with E-state index in [0.717, 1.165) is 30.3 Å². The van der Waals surface area contributed by atoms with Gasteiger partial charge in [0.05, 0.1) is 12.2 Å². The Morgan fingerprint density at radius 3 is 2.76 bits per heavy atom. The van der Waals surface area contributed by atoms with Gasteiger partial charge < -0.3 is 4.98 Å². The lowest BCUT2D eigenvalue weighted by Gasteiger charge is -2.17. The molecule has 0 aliphatic heterocycles. The van der Waals surface area contributed by atoms with Crippen molar-refractivity contribution in [2.75, 3.05) is 7.05 Å². The van der Waals surface area contributed by atoms with Crippen molar-refractivity contribution in [3.8, 4) is 5.69 Å².